The van der Waals surface area contributed by atoms with Crippen LogP contribution in [0, 0.1) is 20.8 Å². The van der Waals surface area contributed by atoms with Crippen molar-refractivity contribution in [1.82, 2.24) is 14.5 Å². The summed E-state index contributed by atoms with van der Waals surface area (Å²) in [7, 11) is -2.01. The number of aryl methyl sites for hydroxylation is 4. The molecule has 1 aliphatic heterocycles. The lowest BCUT2D eigenvalue weighted by molar-refractivity contribution is 0.0305. The first-order valence-electron chi connectivity index (χ1n) is 10.3. The summed E-state index contributed by atoms with van der Waals surface area (Å²) in [6, 6.07) is 7.16. The molecule has 3 heterocycles. The van der Waals surface area contributed by atoms with Crippen LogP contribution >= 0.6 is 11.3 Å². The molecule has 10 heteroatoms. The van der Waals surface area contributed by atoms with E-state index in [1.807, 2.05) is 19.9 Å². The number of hydrogen-bond acceptors (Lipinski definition) is 6. The Morgan fingerprint density at radius 1 is 1.09 bits per heavy atom. The molecule has 0 aliphatic carbocycles. The molecule has 1 saturated heterocycles. The van der Waals surface area contributed by atoms with Gasteiger partial charge in [0.05, 0.1) is 24.6 Å². The number of amides is 1. The van der Waals surface area contributed by atoms with Crippen molar-refractivity contribution in [3.8, 4) is 10.7 Å². The zero-order chi connectivity index (χ0) is 23.0. The Labute approximate surface area is 191 Å². The molecule has 1 aliphatic rings. The van der Waals surface area contributed by atoms with Gasteiger partial charge in [0.1, 0.15) is 14.8 Å². The summed E-state index contributed by atoms with van der Waals surface area (Å²) >= 11 is 1.28. The number of nitrogens with zero attached hydrogens (tertiary/aromatic N) is 3. The predicted molar refractivity (Wildman–Crippen MR) is 125 cm³/mol. The number of aromatic nitrogens is 2. The second-order valence-electron chi connectivity index (χ2n) is 7.99. The van der Waals surface area contributed by atoms with Crippen LogP contribution in [0.15, 0.2) is 35.4 Å². The molecule has 1 N–H and O–H groups in total. The van der Waals surface area contributed by atoms with Gasteiger partial charge in [0.15, 0.2) is 0 Å². The van der Waals surface area contributed by atoms with E-state index in [2.05, 4.69) is 9.71 Å². The highest BCUT2D eigenvalue weighted by atomic mass is 32.2. The van der Waals surface area contributed by atoms with Crippen molar-refractivity contribution >= 4 is 33.0 Å². The molecule has 170 valence electrons. The van der Waals surface area contributed by atoms with Gasteiger partial charge in [-0.25, -0.2) is 13.4 Å². The summed E-state index contributed by atoms with van der Waals surface area (Å²) in [5.41, 5.74) is 3.76. The zero-order valence-electron chi connectivity index (χ0n) is 18.5. The van der Waals surface area contributed by atoms with Gasteiger partial charge in [0.2, 0.25) is 0 Å². The van der Waals surface area contributed by atoms with E-state index < -0.39 is 10.0 Å². The van der Waals surface area contributed by atoms with Crippen LogP contribution in [0.2, 0.25) is 0 Å². The Morgan fingerprint density at radius 3 is 2.41 bits per heavy atom. The number of rotatable bonds is 5. The van der Waals surface area contributed by atoms with Gasteiger partial charge in [0.25, 0.3) is 15.9 Å². The summed E-state index contributed by atoms with van der Waals surface area (Å²) in [4.78, 5) is 19.9. The Morgan fingerprint density at radius 2 is 1.75 bits per heavy atom. The first kappa shape index (κ1) is 22.5. The number of morpholine rings is 1. The van der Waals surface area contributed by atoms with Crippen molar-refractivity contribution in [1.29, 1.82) is 0 Å². The molecule has 32 heavy (non-hydrogen) atoms. The fourth-order valence-electron chi connectivity index (χ4n) is 3.76. The molecule has 0 bridgehead atoms. The Balaban J connectivity index is 1.61. The molecule has 0 atom stereocenters. The molecule has 3 aromatic rings. The smallest absolute Gasteiger partial charge is 0.266 e. The zero-order valence-corrected chi connectivity index (χ0v) is 20.1. The van der Waals surface area contributed by atoms with E-state index >= 15 is 0 Å². The van der Waals surface area contributed by atoms with E-state index in [9.17, 15) is 13.2 Å². The number of benzene rings is 1. The molecule has 0 unspecified atom stereocenters. The second-order valence-corrected chi connectivity index (χ2v) is 10.7. The van der Waals surface area contributed by atoms with Gasteiger partial charge < -0.3 is 14.2 Å². The van der Waals surface area contributed by atoms with Crippen LogP contribution in [0.4, 0.5) is 5.69 Å². The minimum Gasteiger partial charge on any atom is -0.378 e. The molecule has 1 amide bonds. The van der Waals surface area contributed by atoms with E-state index in [1.165, 1.54) is 11.3 Å². The molecule has 0 spiro atoms. The molecule has 0 radical (unpaired) electrons. The number of carbonyl (C=O) groups is 1. The maximum absolute atomic E-state index is 13.0. The van der Waals surface area contributed by atoms with Gasteiger partial charge in [-0.2, -0.15) is 0 Å². The van der Waals surface area contributed by atoms with Crippen molar-refractivity contribution in [2.45, 2.75) is 25.7 Å². The third-order valence-corrected chi connectivity index (χ3v) is 7.79. The van der Waals surface area contributed by atoms with Crippen molar-refractivity contribution in [2.24, 2.45) is 7.05 Å². The van der Waals surface area contributed by atoms with Crippen LogP contribution in [-0.2, 0) is 21.8 Å². The van der Waals surface area contributed by atoms with Crippen LogP contribution in [0.25, 0.3) is 10.7 Å². The Kier molecular flexibility index (Phi) is 6.11. The van der Waals surface area contributed by atoms with Crippen LogP contribution < -0.4 is 4.72 Å². The molecule has 2 aromatic heterocycles. The normalized spacial score (nSPS) is 14.6. The van der Waals surface area contributed by atoms with Gasteiger partial charge >= 0.3 is 0 Å². The number of nitrogens with one attached hydrogen (secondary N) is 1. The summed E-state index contributed by atoms with van der Waals surface area (Å²) in [6.45, 7) is 7.82. The number of hydrogen-bond donors (Lipinski definition) is 1. The lowest BCUT2D eigenvalue weighted by atomic mass is 10.1. The third-order valence-electron chi connectivity index (χ3n) is 5.27. The van der Waals surface area contributed by atoms with Crippen LogP contribution in [0.1, 0.15) is 26.5 Å². The van der Waals surface area contributed by atoms with Gasteiger partial charge in [-0.1, -0.05) is 6.07 Å². The largest absolute Gasteiger partial charge is 0.378 e. The molecular weight excluding hydrogens is 448 g/mol. The van der Waals surface area contributed by atoms with E-state index in [1.54, 1.807) is 47.8 Å². The first-order valence-corrected chi connectivity index (χ1v) is 12.6. The standard InChI is InChI=1S/C22H26N4O4S2/c1-14-9-15(2)11-17(10-14)24-32(28,29)18-12-19(25(4)13-18)21-23-16(3)20(31-21)22(27)26-5-7-30-8-6-26/h9-13,24H,5-8H2,1-4H3. The van der Waals surface area contributed by atoms with E-state index in [4.69, 9.17) is 4.74 Å². The average molecular weight is 475 g/mol. The fourth-order valence-corrected chi connectivity index (χ4v) is 5.96. The van der Waals surface area contributed by atoms with Crippen molar-refractivity contribution < 1.29 is 17.9 Å². The average Bonchev–Trinajstić information content (AvgIpc) is 3.30. The lowest BCUT2D eigenvalue weighted by Crippen LogP contribution is -2.40. The van der Waals surface area contributed by atoms with E-state index in [0.29, 0.717) is 53.3 Å². The monoisotopic (exact) mass is 474 g/mol. The van der Waals surface area contributed by atoms with Crippen molar-refractivity contribution in [2.75, 3.05) is 31.0 Å². The summed E-state index contributed by atoms with van der Waals surface area (Å²) in [5.74, 6) is -0.0620. The van der Waals surface area contributed by atoms with Crippen LogP contribution in [0.5, 0.6) is 0 Å². The lowest BCUT2D eigenvalue weighted by Gasteiger charge is -2.26. The Bertz CT molecular complexity index is 1250. The minimum absolute atomic E-state index is 0.0620. The number of sulfonamides is 1. The van der Waals surface area contributed by atoms with Gasteiger partial charge in [-0.15, -0.1) is 11.3 Å². The summed E-state index contributed by atoms with van der Waals surface area (Å²) < 4.78 is 35.7. The third kappa shape index (κ3) is 4.57. The highest BCUT2D eigenvalue weighted by Crippen LogP contribution is 2.31. The molecule has 0 saturated carbocycles. The van der Waals surface area contributed by atoms with Crippen LogP contribution in [0.3, 0.4) is 0 Å². The highest BCUT2D eigenvalue weighted by Gasteiger charge is 2.25. The number of carbonyl (C=O) groups excluding carboxylic acids is 1. The Hall–Kier alpha value is -2.69. The SMILES string of the molecule is Cc1cc(C)cc(NS(=O)(=O)c2cc(-c3nc(C)c(C(=O)N4CCOCC4)s3)n(C)c2)c1. The van der Waals surface area contributed by atoms with Gasteiger partial charge in [-0.3, -0.25) is 9.52 Å². The number of anilines is 1. The van der Waals surface area contributed by atoms with Gasteiger partial charge in [-0.05, 0) is 50.1 Å². The minimum atomic E-state index is -3.78. The van der Waals surface area contributed by atoms with Crippen molar-refractivity contribution in [3.05, 3.63) is 52.2 Å². The molecule has 4 rings (SSSR count). The van der Waals surface area contributed by atoms with E-state index in [0.717, 1.165) is 11.1 Å². The second kappa shape index (κ2) is 8.68. The quantitative estimate of drug-likeness (QED) is 0.612. The molecule has 8 nitrogen and oxygen atoms in total. The predicted octanol–water partition coefficient (Wildman–Crippen LogP) is 3.35. The maximum atomic E-state index is 13.0. The molecule has 1 aromatic carbocycles. The molecule has 1 fully saturated rings. The van der Waals surface area contributed by atoms with Gasteiger partial charge in [0, 0.05) is 32.0 Å². The topological polar surface area (TPSA) is 93.5 Å². The highest BCUT2D eigenvalue weighted by molar-refractivity contribution is 7.92. The van der Waals surface area contributed by atoms with Crippen molar-refractivity contribution in [3.63, 3.8) is 0 Å². The van der Waals surface area contributed by atoms with E-state index in [-0.39, 0.29) is 10.8 Å². The summed E-state index contributed by atoms with van der Waals surface area (Å²) in [6.07, 6.45) is 1.56. The maximum Gasteiger partial charge on any atom is 0.266 e. The number of thiazole rings is 1. The summed E-state index contributed by atoms with van der Waals surface area (Å²) in [5, 5.41) is 0.606. The van der Waals surface area contributed by atoms with Crippen LogP contribution in [-0.4, -0.2) is 55.1 Å². The number of ether oxygens (including phenoxy) is 1. The first-order chi connectivity index (χ1) is 15.1. The molecular formula is C22H26N4O4S2. The fraction of sp³-hybridized carbons (Fsp3) is 0.364.